The number of amidine groups is 1. The highest BCUT2D eigenvalue weighted by Gasteiger charge is 2.28. The lowest BCUT2D eigenvalue weighted by molar-refractivity contribution is 0.734. The summed E-state index contributed by atoms with van der Waals surface area (Å²) in [6.45, 7) is 0. The molecule has 0 amide bonds. The molecule has 0 saturated carbocycles. The largest absolute Gasteiger partial charge is 0.359 e. The van der Waals surface area contributed by atoms with Crippen LogP contribution in [0.25, 0.3) is 0 Å². The van der Waals surface area contributed by atoms with Crippen molar-refractivity contribution in [1.82, 2.24) is 10.4 Å². The van der Waals surface area contributed by atoms with Crippen LogP contribution in [0.1, 0.15) is 5.69 Å². The van der Waals surface area contributed by atoms with Gasteiger partial charge in [-0.2, -0.15) is 5.10 Å². The second-order valence-corrected chi connectivity index (χ2v) is 4.21. The van der Waals surface area contributed by atoms with Crippen molar-refractivity contribution in [2.75, 3.05) is 4.90 Å². The van der Waals surface area contributed by atoms with E-state index in [9.17, 15) is 0 Å². The van der Waals surface area contributed by atoms with Crippen LogP contribution in [0.4, 0.5) is 5.69 Å². The van der Waals surface area contributed by atoms with E-state index in [4.69, 9.17) is 12.2 Å². The number of aromatic amines is 1. The number of anilines is 1. The molecule has 1 aliphatic heterocycles. The maximum absolute atomic E-state index is 5.06. The summed E-state index contributed by atoms with van der Waals surface area (Å²) in [7, 11) is 0. The molecule has 2 N–H and O–H groups in total. The first kappa shape index (κ1) is 11.0. The Hall–Kier alpha value is -2.14. The molecule has 0 fully saturated rings. The molecule has 0 aliphatic carbocycles. The average Bonchev–Trinajstić information content (AvgIpc) is 3.08. The van der Waals surface area contributed by atoms with Gasteiger partial charge in [-0.1, -0.05) is 30.4 Å². The lowest BCUT2D eigenvalue weighted by Crippen LogP contribution is -2.41. The Labute approximate surface area is 110 Å². The van der Waals surface area contributed by atoms with Gasteiger partial charge in [0.15, 0.2) is 12.0 Å². The topological polar surface area (TPSA) is 43.4 Å². The van der Waals surface area contributed by atoms with Crippen LogP contribution < -0.4 is 10.3 Å². The SMILES string of the molecule is S=CC1NN=C(c2ccc[nH]2)N1c1ccccc1. The molecule has 5 heteroatoms. The number of hydrazone groups is 1. The first-order chi connectivity index (χ1) is 8.90. The number of nitrogens with zero attached hydrogens (tertiary/aromatic N) is 2. The number of hydrogen-bond acceptors (Lipinski definition) is 4. The summed E-state index contributed by atoms with van der Waals surface area (Å²) in [4.78, 5) is 5.23. The summed E-state index contributed by atoms with van der Waals surface area (Å²) >= 11 is 5.06. The summed E-state index contributed by atoms with van der Waals surface area (Å²) in [5, 5.41) is 6.02. The molecule has 2 heterocycles. The van der Waals surface area contributed by atoms with Gasteiger partial charge in [0.05, 0.1) is 5.69 Å². The predicted octanol–water partition coefficient (Wildman–Crippen LogP) is 2.11. The molecule has 0 radical (unpaired) electrons. The maximum atomic E-state index is 5.06. The Morgan fingerprint density at radius 3 is 2.67 bits per heavy atom. The van der Waals surface area contributed by atoms with Crippen LogP contribution in [-0.4, -0.2) is 22.4 Å². The van der Waals surface area contributed by atoms with Crippen molar-refractivity contribution in [3.8, 4) is 0 Å². The monoisotopic (exact) mass is 256 g/mol. The predicted molar refractivity (Wildman–Crippen MR) is 76.8 cm³/mol. The molecule has 1 unspecified atom stereocenters. The number of H-pyrrole nitrogens is 1. The lowest BCUT2D eigenvalue weighted by Gasteiger charge is -2.24. The van der Waals surface area contributed by atoms with E-state index in [-0.39, 0.29) is 6.17 Å². The van der Waals surface area contributed by atoms with Crippen LogP contribution in [0.2, 0.25) is 0 Å². The Morgan fingerprint density at radius 1 is 1.17 bits per heavy atom. The van der Waals surface area contributed by atoms with Crippen LogP contribution in [0.5, 0.6) is 0 Å². The fourth-order valence-electron chi connectivity index (χ4n) is 1.99. The van der Waals surface area contributed by atoms with Gasteiger partial charge < -0.3 is 4.98 Å². The Bertz CT molecular complexity index is 562. The van der Waals surface area contributed by atoms with E-state index in [0.717, 1.165) is 17.2 Å². The molecule has 1 aromatic heterocycles. The Balaban J connectivity index is 2.02. The third kappa shape index (κ3) is 1.78. The fraction of sp³-hybridized carbons (Fsp3) is 0.0769. The third-order valence-corrected chi connectivity index (χ3v) is 3.07. The van der Waals surface area contributed by atoms with Crippen LogP contribution in [0.15, 0.2) is 53.8 Å². The van der Waals surface area contributed by atoms with Gasteiger partial charge >= 0.3 is 0 Å². The van der Waals surface area contributed by atoms with Gasteiger partial charge in [-0.3, -0.25) is 10.3 Å². The molecule has 3 rings (SSSR count). The highest BCUT2D eigenvalue weighted by atomic mass is 32.1. The number of hydrogen-bond donors (Lipinski definition) is 2. The molecule has 2 aromatic rings. The molecular weight excluding hydrogens is 244 g/mol. The first-order valence-corrected chi connectivity index (χ1v) is 6.14. The minimum absolute atomic E-state index is 0.0966. The average molecular weight is 256 g/mol. The van der Waals surface area contributed by atoms with Crippen molar-refractivity contribution < 1.29 is 0 Å². The number of benzene rings is 1. The number of aromatic nitrogens is 1. The fourth-order valence-corrected chi connectivity index (χ4v) is 2.18. The molecule has 90 valence electrons. The van der Waals surface area contributed by atoms with Gasteiger partial charge in [0.2, 0.25) is 0 Å². The molecule has 0 saturated heterocycles. The summed E-state index contributed by atoms with van der Waals surface area (Å²) in [6, 6.07) is 14.0. The van der Waals surface area contributed by atoms with E-state index in [1.807, 2.05) is 48.7 Å². The zero-order valence-electron chi connectivity index (χ0n) is 9.58. The summed E-state index contributed by atoms with van der Waals surface area (Å²) < 4.78 is 0. The summed E-state index contributed by atoms with van der Waals surface area (Å²) in [5.74, 6) is 0.845. The number of para-hydroxylation sites is 1. The van der Waals surface area contributed by atoms with Crippen molar-refractivity contribution in [2.45, 2.75) is 6.17 Å². The standard InChI is InChI=1S/C13H12N4S/c18-9-12-15-16-13(11-7-4-8-14-11)17(12)10-5-2-1-3-6-10/h1-9,12,14-15H. The number of rotatable bonds is 3. The van der Waals surface area contributed by atoms with Gasteiger partial charge in [0.1, 0.15) is 0 Å². The zero-order chi connectivity index (χ0) is 12.4. The van der Waals surface area contributed by atoms with E-state index in [1.54, 1.807) is 5.37 Å². The zero-order valence-corrected chi connectivity index (χ0v) is 10.4. The summed E-state index contributed by atoms with van der Waals surface area (Å²) in [6.07, 6.45) is 1.78. The van der Waals surface area contributed by atoms with Crippen LogP contribution in [0, 0.1) is 0 Å². The van der Waals surface area contributed by atoms with Crippen molar-refractivity contribution in [3.05, 3.63) is 54.4 Å². The molecule has 1 aliphatic rings. The molecule has 1 atom stereocenters. The van der Waals surface area contributed by atoms with Crippen LogP contribution in [-0.2, 0) is 0 Å². The Morgan fingerprint density at radius 2 is 2.00 bits per heavy atom. The van der Waals surface area contributed by atoms with E-state index in [0.29, 0.717) is 0 Å². The third-order valence-electron chi connectivity index (χ3n) is 2.81. The van der Waals surface area contributed by atoms with E-state index >= 15 is 0 Å². The van der Waals surface area contributed by atoms with Crippen molar-refractivity contribution in [2.24, 2.45) is 5.10 Å². The van der Waals surface area contributed by atoms with Crippen LogP contribution in [0.3, 0.4) is 0 Å². The van der Waals surface area contributed by atoms with E-state index < -0.39 is 0 Å². The number of nitrogens with one attached hydrogen (secondary N) is 2. The maximum Gasteiger partial charge on any atom is 0.178 e. The Kier molecular flexibility index (Phi) is 2.82. The molecule has 0 spiro atoms. The minimum atomic E-state index is -0.0966. The lowest BCUT2D eigenvalue weighted by atomic mass is 10.2. The quantitative estimate of drug-likeness (QED) is 0.827. The molecule has 18 heavy (non-hydrogen) atoms. The van der Waals surface area contributed by atoms with Crippen molar-refractivity contribution >= 4 is 29.1 Å². The van der Waals surface area contributed by atoms with Gasteiger partial charge in [-0.15, -0.1) is 0 Å². The van der Waals surface area contributed by atoms with Gasteiger partial charge in [-0.05, 0) is 24.3 Å². The van der Waals surface area contributed by atoms with Crippen LogP contribution >= 0.6 is 12.2 Å². The molecular formula is C13H12N4S. The summed E-state index contributed by atoms with van der Waals surface area (Å²) in [5.41, 5.74) is 5.05. The van der Waals surface area contributed by atoms with Gasteiger partial charge in [0, 0.05) is 17.3 Å². The van der Waals surface area contributed by atoms with Gasteiger partial charge in [-0.25, -0.2) is 0 Å². The van der Waals surface area contributed by atoms with Gasteiger partial charge in [0.25, 0.3) is 0 Å². The number of thiocarbonyl (C=S) groups is 1. The molecule has 0 bridgehead atoms. The normalized spacial score (nSPS) is 18.3. The first-order valence-electron chi connectivity index (χ1n) is 5.67. The van der Waals surface area contributed by atoms with Crippen molar-refractivity contribution in [1.29, 1.82) is 0 Å². The van der Waals surface area contributed by atoms with E-state index in [2.05, 4.69) is 20.4 Å². The van der Waals surface area contributed by atoms with E-state index in [1.165, 1.54) is 0 Å². The second kappa shape index (κ2) is 4.62. The highest BCUT2D eigenvalue weighted by Crippen LogP contribution is 2.21. The highest BCUT2D eigenvalue weighted by molar-refractivity contribution is 7.79. The molecule has 4 nitrogen and oxygen atoms in total. The van der Waals surface area contributed by atoms with Crippen molar-refractivity contribution in [3.63, 3.8) is 0 Å². The smallest absolute Gasteiger partial charge is 0.178 e. The minimum Gasteiger partial charge on any atom is -0.359 e. The molecule has 1 aromatic carbocycles. The second-order valence-electron chi connectivity index (χ2n) is 3.93.